The number of anilines is 1. The van der Waals surface area contributed by atoms with Crippen molar-refractivity contribution in [3.8, 4) is 0 Å². The van der Waals surface area contributed by atoms with Gasteiger partial charge in [-0.15, -0.1) is 0 Å². The van der Waals surface area contributed by atoms with Crippen molar-refractivity contribution in [2.45, 2.75) is 6.10 Å². The SMILES string of the molecule is Cn1ncc2c(NCC(O)c3ccncc3)ncnc21. The summed E-state index contributed by atoms with van der Waals surface area (Å²) in [6.07, 6.45) is 5.87. The fourth-order valence-electron chi connectivity index (χ4n) is 2.00. The lowest BCUT2D eigenvalue weighted by atomic mass is 10.1. The second-order valence-corrected chi connectivity index (χ2v) is 4.40. The molecule has 7 heteroatoms. The number of fused-ring (bicyclic) bond motifs is 1. The molecule has 1 atom stereocenters. The van der Waals surface area contributed by atoms with Gasteiger partial charge in [0.05, 0.1) is 17.7 Å². The maximum atomic E-state index is 10.1. The van der Waals surface area contributed by atoms with Crippen LogP contribution in [0.3, 0.4) is 0 Å². The Labute approximate surface area is 115 Å². The topological polar surface area (TPSA) is 88.8 Å². The number of aliphatic hydroxyl groups is 1. The van der Waals surface area contributed by atoms with E-state index < -0.39 is 6.10 Å². The van der Waals surface area contributed by atoms with Crippen molar-refractivity contribution in [1.82, 2.24) is 24.7 Å². The Hall–Kier alpha value is -2.54. The number of pyridine rings is 1. The second kappa shape index (κ2) is 5.22. The van der Waals surface area contributed by atoms with Gasteiger partial charge in [-0.05, 0) is 17.7 Å². The van der Waals surface area contributed by atoms with E-state index in [1.54, 1.807) is 35.4 Å². The van der Waals surface area contributed by atoms with Gasteiger partial charge in [0.25, 0.3) is 0 Å². The highest BCUT2D eigenvalue weighted by atomic mass is 16.3. The molecule has 0 fully saturated rings. The molecule has 20 heavy (non-hydrogen) atoms. The largest absolute Gasteiger partial charge is 0.387 e. The molecule has 0 aliphatic carbocycles. The van der Waals surface area contributed by atoms with Crippen molar-refractivity contribution >= 4 is 16.9 Å². The van der Waals surface area contributed by atoms with E-state index in [1.807, 2.05) is 7.05 Å². The van der Waals surface area contributed by atoms with E-state index in [1.165, 1.54) is 6.33 Å². The highest BCUT2D eigenvalue weighted by molar-refractivity contribution is 5.85. The number of aliphatic hydroxyl groups excluding tert-OH is 1. The number of aromatic nitrogens is 5. The lowest BCUT2D eigenvalue weighted by Gasteiger charge is -2.12. The number of hydrogen-bond donors (Lipinski definition) is 2. The predicted molar refractivity (Wildman–Crippen MR) is 74.0 cm³/mol. The Morgan fingerprint density at radius 3 is 2.90 bits per heavy atom. The van der Waals surface area contributed by atoms with Gasteiger partial charge in [-0.1, -0.05) is 0 Å². The molecule has 0 aliphatic heterocycles. The molecule has 1 unspecified atom stereocenters. The van der Waals surface area contributed by atoms with Gasteiger partial charge in [0.1, 0.15) is 12.1 Å². The highest BCUT2D eigenvalue weighted by Gasteiger charge is 2.10. The van der Waals surface area contributed by atoms with E-state index in [0.29, 0.717) is 12.4 Å². The van der Waals surface area contributed by atoms with Crippen LogP contribution >= 0.6 is 0 Å². The smallest absolute Gasteiger partial charge is 0.163 e. The number of nitrogens with zero attached hydrogens (tertiary/aromatic N) is 5. The minimum Gasteiger partial charge on any atom is -0.387 e. The molecule has 3 heterocycles. The first-order valence-electron chi connectivity index (χ1n) is 6.20. The fraction of sp³-hybridized carbons (Fsp3) is 0.231. The van der Waals surface area contributed by atoms with E-state index in [4.69, 9.17) is 0 Å². The zero-order valence-corrected chi connectivity index (χ0v) is 10.9. The monoisotopic (exact) mass is 270 g/mol. The Bertz CT molecular complexity index is 711. The van der Waals surface area contributed by atoms with Crippen molar-refractivity contribution in [2.24, 2.45) is 7.05 Å². The van der Waals surface area contributed by atoms with Gasteiger partial charge in [0, 0.05) is 26.0 Å². The van der Waals surface area contributed by atoms with Crippen molar-refractivity contribution in [3.05, 3.63) is 42.6 Å². The van der Waals surface area contributed by atoms with Crippen LogP contribution in [0.4, 0.5) is 5.82 Å². The van der Waals surface area contributed by atoms with Gasteiger partial charge in [-0.25, -0.2) is 9.97 Å². The third kappa shape index (κ3) is 2.30. The first-order valence-corrected chi connectivity index (χ1v) is 6.20. The maximum Gasteiger partial charge on any atom is 0.163 e. The molecule has 3 aromatic rings. The van der Waals surface area contributed by atoms with Crippen LogP contribution in [-0.4, -0.2) is 36.4 Å². The molecular weight excluding hydrogens is 256 g/mol. The molecule has 0 saturated heterocycles. The van der Waals surface area contributed by atoms with E-state index >= 15 is 0 Å². The Kier molecular flexibility index (Phi) is 3.26. The average molecular weight is 270 g/mol. The first-order chi connectivity index (χ1) is 9.75. The second-order valence-electron chi connectivity index (χ2n) is 4.40. The van der Waals surface area contributed by atoms with E-state index in [-0.39, 0.29) is 0 Å². The molecule has 0 bridgehead atoms. The van der Waals surface area contributed by atoms with Crippen LogP contribution in [0.1, 0.15) is 11.7 Å². The third-order valence-electron chi connectivity index (χ3n) is 3.08. The summed E-state index contributed by atoms with van der Waals surface area (Å²) in [7, 11) is 1.82. The lowest BCUT2D eigenvalue weighted by molar-refractivity contribution is 0.191. The standard InChI is InChI=1S/C13H14N6O/c1-19-13-10(6-18-19)12(16-8-17-13)15-7-11(20)9-2-4-14-5-3-9/h2-6,8,11,20H,7H2,1H3,(H,15,16,17). The Morgan fingerprint density at radius 2 is 2.10 bits per heavy atom. The molecule has 3 aromatic heterocycles. The molecule has 3 rings (SSSR count). The summed E-state index contributed by atoms with van der Waals surface area (Å²) in [6.45, 7) is 0.352. The number of aryl methyl sites for hydroxylation is 1. The van der Waals surface area contributed by atoms with Crippen LogP contribution in [0.15, 0.2) is 37.1 Å². The van der Waals surface area contributed by atoms with Crippen LogP contribution in [0.5, 0.6) is 0 Å². The minimum atomic E-state index is -0.625. The van der Waals surface area contributed by atoms with E-state index in [2.05, 4.69) is 25.4 Å². The molecule has 0 saturated carbocycles. The first kappa shape index (κ1) is 12.5. The fourth-order valence-corrected chi connectivity index (χ4v) is 2.00. The van der Waals surface area contributed by atoms with Crippen LogP contribution in [0.2, 0.25) is 0 Å². The molecule has 102 valence electrons. The summed E-state index contributed by atoms with van der Waals surface area (Å²) in [6, 6.07) is 3.57. The zero-order valence-electron chi connectivity index (χ0n) is 10.9. The zero-order chi connectivity index (χ0) is 13.9. The predicted octanol–water partition coefficient (Wildman–Crippen LogP) is 0.904. The molecule has 0 spiro atoms. The van der Waals surface area contributed by atoms with Crippen molar-refractivity contribution < 1.29 is 5.11 Å². The van der Waals surface area contributed by atoms with E-state index in [9.17, 15) is 5.11 Å². The molecule has 0 aliphatic rings. The van der Waals surface area contributed by atoms with E-state index in [0.717, 1.165) is 16.6 Å². The van der Waals surface area contributed by atoms with Crippen molar-refractivity contribution in [2.75, 3.05) is 11.9 Å². The molecule has 7 nitrogen and oxygen atoms in total. The summed E-state index contributed by atoms with van der Waals surface area (Å²) >= 11 is 0. The molecule has 0 radical (unpaired) electrons. The number of hydrogen-bond acceptors (Lipinski definition) is 6. The van der Waals surface area contributed by atoms with Gasteiger partial charge in [0.15, 0.2) is 5.65 Å². The van der Waals surface area contributed by atoms with Crippen molar-refractivity contribution in [3.63, 3.8) is 0 Å². The molecular formula is C13H14N6O. The summed E-state index contributed by atoms with van der Waals surface area (Å²) in [4.78, 5) is 12.3. The number of nitrogens with one attached hydrogen (secondary N) is 1. The van der Waals surface area contributed by atoms with Gasteiger partial charge in [0.2, 0.25) is 0 Å². The Balaban J connectivity index is 1.77. The highest BCUT2D eigenvalue weighted by Crippen LogP contribution is 2.19. The van der Waals surface area contributed by atoms with Crippen LogP contribution in [-0.2, 0) is 7.05 Å². The summed E-state index contributed by atoms with van der Waals surface area (Å²) in [5.41, 5.74) is 1.56. The lowest BCUT2D eigenvalue weighted by Crippen LogP contribution is -2.13. The van der Waals surface area contributed by atoms with Crippen molar-refractivity contribution in [1.29, 1.82) is 0 Å². The van der Waals surface area contributed by atoms with Gasteiger partial charge in [-0.2, -0.15) is 5.10 Å². The van der Waals surface area contributed by atoms with Crippen LogP contribution in [0.25, 0.3) is 11.0 Å². The third-order valence-corrected chi connectivity index (χ3v) is 3.08. The molecule has 0 amide bonds. The summed E-state index contributed by atoms with van der Waals surface area (Å²) in [5.74, 6) is 0.663. The van der Waals surface area contributed by atoms with Gasteiger partial charge >= 0.3 is 0 Å². The summed E-state index contributed by atoms with van der Waals surface area (Å²) < 4.78 is 1.68. The Morgan fingerprint density at radius 1 is 1.30 bits per heavy atom. The molecule has 0 aromatic carbocycles. The minimum absolute atomic E-state index is 0.352. The van der Waals surface area contributed by atoms with Crippen LogP contribution < -0.4 is 5.32 Å². The van der Waals surface area contributed by atoms with Gasteiger partial charge < -0.3 is 10.4 Å². The normalized spacial score (nSPS) is 12.5. The summed E-state index contributed by atoms with van der Waals surface area (Å²) in [5, 5.41) is 18.2. The van der Waals surface area contributed by atoms with Crippen LogP contribution in [0, 0.1) is 0 Å². The molecule has 2 N–H and O–H groups in total. The quantitative estimate of drug-likeness (QED) is 0.732. The van der Waals surface area contributed by atoms with Gasteiger partial charge in [-0.3, -0.25) is 9.67 Å². The number of rotatable bonds is 4. The maximum absolute atomic E-state index is 10.1. The average Bonchev–Trinajstić information content (AvgIpc) is 2.88.